The molecule has 10 nitrogen and oxygen atoms in total. The molecular weight excluding hydrogens is 561 g/mol. The molecule has 2 aromatic heterocycles. The van der Waals surface area contributed by atoms with Crippen molar-refractivity contribution in [2.75, 3.05) is 26.2 Å². The largest absolute Gasteiger partial charge is 0.404 e. The second-order valence-corrected chi connectivity index (χ2v) is 11.0. The fraction of sp³-hybridized carbons (Fsp3) is 0.400. The number of allylic oxidation sites excluding steroid dienone is 1. The minimum atomic E-state index is -4.37. The van der Waals surface area contributed by atoms with Gasteiger partial charge in [0.05, 0.1) is 50.1 Å². The van der Waals surface area contributed by atoms with Gasteiger partial charge in [-0.15, -0.1) is 0 Å². The summed E-state index contributed by atoms with van der Waals surface area (Å²) in [4.78, 5) is 37.5. The number of imidazole rings is 1. The third-order valence-electron chi connectivity index (χ3n) is 7.69. The van der Waals surface area contributed by atoms with Crippen molar-refractivity contribution < 1.29 is 22.8 Å². The lowest BCUT2D eigenvalue weighted by Gasteiger charge is -2.47. The lowest BCUT2D eigenvalue weighted by atomic mass is 9.87. The fourth-order valence-electron chi connectivity index (χ4n) is 5.38. The minimum absolute atomic E-state index is 0.0146. The molecule has 3 aromatic rings. The van der Waals surface area contributed by atoms with E-state index >= 15 is 0 Å². The first kappa shape index (κ1) is 29.8. The van der Waals surface area contributed by atoms with E-state index < -0.39 is 30.3 Å². The van der Waals surface area contributed by atoms with Gasteiger partial charge in [0.15, 0.2) is 5.65 Å². The number of hydrogen-bond donors (Lipinski definition) is 1. The predicted molar refractivity (Wildman–Crippen MR) is 154 cm³/mol. The Balaban J connectivity index is 1.29. The van der Waals surface area contributed by atoms with Crippen LogP contribution in [0.5, 0.6) is 0 Å². The molecular formula is C30H31F3N8O2. The van der Waals surface area contributed by atoms with Crippen molar-refractivity contribution in [1.82, 2.24) is 24.4 Å². The molecule has 2 fully saturated rings. The van der Waals surface area contributed by atoms with Crippen LogP contribution < -0.4 is 5.73 Å². The van der Waals surface area contributed by atoms with Crippen LogP contribution in [0.3, 0.4) is 0 Å². The van der Waals surface area contributed by atoms with Crippen LogP contribution in [0, 0.1) is 11.3 Å². The molecule has 0 radical (unpaired) electrons. The smallest absolute Gasteiger partial charge is 0.389 e. The number of nitrogens with zero attached hydrogens (tertiary/aromatic N) is 7. The first-order chi connectivity index (χ1) is 20.6. The van der Waals surface area contributed by atoms with Gasteiger partial charge in [0, 0.05) is 55.0 Å². The standard InChI is InChI=1S/C30H31F3N8O2/c31-30(32,33)7-6-25(42)13-21-4-3-5-22(12-21)26-18-36-27-14-23(17-38-41(26)27)24(15-35)16-37-29(8-9-34)19-40(20-29)28(43)39-10-1-2-11-39/h3-5,12,14-18H,1-2,6-8,10-11,13,19-20,35H2. The number of urea groups is 1. The summed E-state index contributed by atoms with van der Waals surface area (Å²) in [7, 11) is 0. The number of fused-ring (bicyclic) bond motifs is 1. The number of hydrogen-bond acceptors (Lipinski definition) is 7. The van der Waals surface area contributed by atoms with Crippen LogP contribution in [0.15, 0.2) is 53.9 Å². The molecule has 5 rings (SSSR count). The Morgan fingerprint density at radius 1 is 1.14 bits per heavy atom. The topological polar surface area (TPSA) is 133 Å². The number of nitrogens with two attached hydrogens (primary N) is 1. The molecule has 2 aliphatic rings. The normalized spacial score (nSPS) is 16.9. The molecule has 224 valence electrons. The Hall–Kier alpha value is -4.73. The van der Waals surface area contributed by atoms with Crippen LogP contribution in [-0.2, 0) is 11.2 Å². The molecule has 2 N–H and O–H groups in total. The van der Waals surface area contributed by atoms with Gasteiger partial charge in [-0.05, 0) is 30.5 Å². The first-order valence-electron chi connectivity index (χ1n) is 14.0. The van der Waals surface area contributed by atoms with Crippen molar-refractivity contribution in [3.8, 4) is 17.3 Å². The highest BCUT2D eigenvalue weighted by Gasteiger charge is 2.46. The van der Waals surface area contributed by atoms with E-state index in [1.807, 2.05) is 11.0 Å². The quantitative estimate of drug-likeness (QED) is 0.366. The summed E-state index contributed by atoms with van der Waals surface area (Å²) < 4.78 is 39.0. The Bertz CT molecular complexity index is 1610. The number of ketones is 1. The highest BCUT2D eigenvalue weighted by atomic mass is 19.4. The number of aromatic nitrogens is 3. The predicted octanol–water partition coefficient (Wildman–Crippen LogP) is 4.40. The summed E-state index contributed by atoms with van der Waals surface area (Å²) in [6.07, 6.45) is 2.25. The second-order valence-electron chi connectivity index (χ2n) is 11.0. The summed E-state index contributed by atoms with van der Waals surface area (Å²) in [6.45, 7) is 2.23. The van der Waals surface area contributed by atoms with E-state index in [4.69, 9.17) is 10.7 Å². The summed E-state index contributed by atoms with van der Waals surface area (Å²) in [5.41, 5.74) is 8.92. The van der Waals surface area contributed by atoms with Gasteiger partial charge in [0.25, 0.3) is 0 Å². The maximum absolute atomic E-state index is 12.7. The van der Waals surface area contributed by atoms with E-state index in [-0.39, 0.29) is 18.9 Å². The highest BCUT2D eigenvalue weighted by Crippen LogP contribution is 2.31. The third-order valence-corrected chi connectivity index (χ3v) is 7.69. The molecule has 0 atom stereocenters. The Morgan fingerprint density at radius 3 is 2.60 bits per heavy atom. The monoisotopic (exact) mass is 592 g/mol. The van der Waals surface area contributed by atoms with Gasteiger partial charge in [-0.25, -0.2) is 14.3 Å². The second kappa shape index (κ2) is 12.2. The zero-order valence-electron chi connectivity index (χ0n) is 23.4. The molecule has 0 bridgehead atoms. The Kier molecular flexibility index (Phi) is 8.47. The van der Waals surface area contributed by atoms with Crippen LogP contribution in [0.25, 0.3) is 22.5 Å². The van der Waals surface area contributed by atoms with E-state index in [1.165, 1.54) is 6.20 Å². The summed E-state index contributed by atoms with van der Waals surface area (Å²) >= 11 is 0. The highest BCUT2D eigenvalue weighted by molar-refractivity contribution is 6.10. The van der Waals surface area contributed by atoms with Crippen LogP contribution in [0.4, 0.5) is 18.0 Å². The van der Waals surface area contributed by atoms with Gasteiger partial charge >= 0.3 is 12.2 Å². The van der Waals surface area contributed by atoms with Crippen molar-refractivity contribution in [2.45, 2.75) is 50.2 Å². The van der Waals surface area contributed by atoms with E-state index in [0.29, 0.717) is 46.7 Å². The molecule has 2 saturated heterocycles. The maximum Gasteiger partial charge on any atom is 0.389 e. The average Bonchev–Trinajstić information content (AvgIpc) is 3.65. The molecule has 2 aliphatic heterocycles. The molecule has 0 aliphatic carbocycles. The zero-order valence-corrected chi connectivity index (χ0v) is 23.4. The molecule has 0 unspecified atom stereocenters. The lowest BCUT2D eigenvalue weighted by Crippen LogP contribution is -2.64. The molecule has 2 amide bonds. The number of likely N-dealkylation sites (tertiary alicyclic amines) is 2. The van der Waals surface area contributed by atoms with Crippen LogP contribution in [0.1, 0.15) is 43.2 Å². The summed E-state index contributed by atoms with van der Waals surface area (Å²) in [5.74, 6) is -0.484. The van der Waals surface area contributed by atoms with Crippen LogP contribution in [0.2, 0.25) is 0 Å². The SMILES string of the molecule is N#CCC1(N=CC(=CN)c2cnn3c(-c4cccc(CC(=O)CCC(F)(F)F)c4)cnc3c2)CN(C(=O)N2CCCC2)C1. The van der Waals surface area contributed by atoms with E-state index in [2.05, 4.69) is 16.2 Å². The fourth-order valence-corrected chi connectivity index (χ4v) is 5.38. The number of carbonyl (C=O) groups excluding carboxylic acids is 2. The van der Waals surface area contributed by atoms with Gasteiger partial charge in [-0.1, -0.05) is 18.2 Å². The number of Topliss-reactive ketones (excluding diaryl/α,β-unsaturated/α-hetero) is 1. The van der Waals surface area contributed by atoms with Crippen molar-refractivity contribution in [3.63, 3.8) is 0 Å². The van der Waals surface area contributed by atoms with Crippen molar-refractivity contribution in [2.24, 2.45) is 10.7 Å². The van der Waals surface area contributed by atoms with E-state index in [0.717, 1.165) is 25.9 Å². The number of amides is 2. The van der Waals surface area contributed by atoms with E-state index in [9.17, 15) is 28.0 Å². The molecule has 1 aromatic carbocycles. The number of carbonyl (C=O) groups is 2. The number of halogens is 3. The molecule has 0 saturated carbocycles. The van der Waals surface area contributed by atoms with Crippen LogP contribution in [-0.4, -0.2) is 80.3 Å². The first-order valence-corrected chi connectivity index (χ1v) is 14.0. The van der Waals surface area contributed by atoms with Crippen molar-refractivity contribution in [3.05, 3.63) is 60.1 Å². The summed E-state index contributed by atoms with van der Waals surface area (Å²) in [6, 6.07) is 10.9. The van der Waals surface area contributed by atoms with Crippen LogP contribution >= 0.6 is 0 Å². The molecule has 13 heteroatoms. The number of aliphatic imine (C=N–C) groups is 1. The molecule has 4 heterocycles. The van der Waals surface area contributed by atoms with Gasteiger partial charge in [-0.3, -0.25) is 9.79 Å². The average molecular weight is 593 g/mol. The lowest BCUT2D eigenvalue weighted by molar-refractivity contribution is -0.143. The van der Waals surface area contributed by atoms with E-state index in [1.54, 1.807) is 52.3 Å². The molecule has 43 heavy (non-hydrogen) atoms. The number of benzene rings is 1. The molecule has 0 spiro atoms. The summed E-state index contributed by atoms with van der Waals surface area (Å²) in [5, 5.41) is 13.9. The zero-order chi connectivity index (χ0) is 30.6. The number of alkyl halides is 3. The maximum atomic E-state index is 12.7. The Morgan fingerprint density at radius 2 is 1.91 bits per heavy atom. The van der Waals surface area contributed by atoms with Gasteiger partial charge in [0.2, 0.25) is 0 Å². The van der Waals surface area contributed by atoms with Gasteiger partial charge in [-0.2, -0.15) is 23.5 Å². The third kappa shape index (κ3) is 6.85. The minimum Gasteiger partial charge on any atom is -0.404 e. The number of nitriles is 1. The number of rotatable bonds is 9. The van der Waals surface area contributed by atoms with Crippen molar-refractivity contribution in [1.29, 1.82) is 5.26 Å². The van der Waals surface area contributed by atoms with Gasteiger partial charge in [0.1, 0.15) is 11.3 Å². The van der Waals surface area contributed by atoms with Crippen molar-refractivity contribution >= 4 is 29.2 Å². The van der Waals surface area contributed by atoms with Gasteiger partial charge < -0.3 is 15.5 Å². The Labute approximate surface area is 246 Å².